The zero-order valence-corrected chi connectivity index (χ0v) is 9.56. The zero-order valence-electron chi connectivity index (χ0n) is 9.56. The predicted octanol–water partition coefficient (Wildman–Crippen LogP) is 0.471. The SMILES string of the molecule is CC(CC(=O)O)CC(=O)N1CCC[C@H]1CO. The largest absolute Gasteiger partial charge is 0.481 e. The second kappa shape index (κ2) is 5.84. The molecule has 92 valence electrons. The fourth-order valence-corrected chi connectivity index (χ4v) is 2.14. The third-order valence-electron chi connectivity index (χ3n) is 2.95. The minimum Gasteiger partial charge on any atom is -0.481 e. The summed E-state index contributed by atoms with van der Waals surface area (Å²) in [5.74, 6) is -1.06. The molecule has 0 radical (unpaired) electrons. The smallest absolute Gasteiger partial charge is 0.303 e. The summed E-state index contributed by atoms with van der Waals surface area (Å²) in [5.41, 5.74) is 0. The van der Waals surface area contributed by atoms with Crippen LogP contribution in [-0.2, 0) is 9.59 Å². The topological polar surface area (TPSA) is 77.8 Å². The van der Waals surface area contributed by atoms with Gasteiger partial charge < -0.3 is 15.1 Å². The summed E-state index contributed by atoms with van der Waals surface area (Å²) in [6.45, 7) is 2.44. The van der Waals surface area contributed by atoms with E-state index in [-0.39, 0.29) is 37.3 Å². The van der Waals surface area contributed by atoms with Crippen molar-refractivity contribution in [1.82, 2.24) is 4.90 Å². The summed E-state index contributed by atoms with van der Waals surface area (Å²) in [6, 6.07) is -0.0653. The van der Waals surface area contributed by atoms with Gasteiger partial charge in [0.1, 0.15) is 0 Å². The van der Waals surface area contributed by atoms with E-state index in [4.69, 9.17) is 10.2 Å². The summed E-state index contributed by atoms with van der Waals surface area (Å²) in [7, 11) is 0. The van der Waals surface area contributed by atoms with Crippen LogP contribution in [0.5, 0.6) is 0 Å². The lowest BCUT2D eigenvalue weighted by Crippen LogP contribution is -2.38. The van der Waals surface area contributed by atoms with Gasteiger partial charge in [0.15, 0.2) is 0 Å². The van der Waals surface area contributed by atoms with E-state index in [1.54, 1.807) is 11.8 Å². The van der Waals surface area contributed by atoms with Gasteiger partial charge in [-0.05, 0) is 18.8 Å². The summed E-state index contributed by atoms with van der Waals surface area (Å²) >= 11 is 0. The van der Waals surface area contributed by atoms with Gasteiger partial charge in [-0.3, -0.25) is 9.59 Å². The molecule has 2 N–H and O–H groups in total. The van der Waals surface area contributed by atoms with Crippen molar-refractivity contribution in [2.75, 3.05) is 13.2 Å². The van der Waals surface area contributed by atoms with E-state index >= 15 is 0 Å². The van der Waals surface area contributed by atoms with Crippen LogP contribution in [-0.4, -0.2) is 46.2 Å². The minimum atomic E-state index is -0.875. The van der Waals surface area contributed by atoms with Crippen molar-refractivity contribution in [2.45, 2.75) is 38.6 Å². The Hall–Kier alpha value is -1.10. The molecule has 0 aromatic heterocycles. The number of nitrogens with zero attached hydrogens (tertiary/aromatic N) is 1. The molecule has 0 aliphatic carbocycles. The molecule has 5 heteroatoms. The Bertz CT molecular complexity index is 267. The maximum Gasteiger partial charge on any atom is 0.303 e. The number of carboxylic acids is 1. The van der Waals surface area contributed by atoms with Gasteiger partial charge in [0.25, 0.3) is 0 Å². The number of hydrogen-bond donors (Lipinski definition) is 2. The molecule has 1 heterocycles. The lowest BCUT2D eigenvalue weighted by molar-refractivity contribution is -0.138. The molecule has 0 saturated carbocycles. The number of hydrogen-bond acceptors (Lipinski definition) is 3. The van der Waals surface area contributed by atoms with Crippen LogP contribution in [0.1, 0.15) is 32.6 Å². The Morgan fingerprint density at radius 3 is 2.69 bits per heavy atom. The maximum atomic E-state index is 11.8. The first-order chi connectivity index (χ1) is 7.54. The van der Waals surface area contributed by atoms with Crippen LogP contribution in [0.25, 0.3) is 0 Å². The Morgan fingerprint density at radius 2 is 2.12 bits per heavy atom. The third kappa shape index (κ3) is 3.48. The van der Waals surface area contributed by atoms with Crippen molar-refractivity contribution in [3.8, 4) is 0 Å². The standard InChI is InChI=1S/C11H19NO4/c1-8(6-11(15)16)5-10(14)12-4-2-3-9(12)7-13/h8-9,13H,2-7H2,1H3,(H,15,16)/t8?,9-/m0/s1. The van der Waals surface area contributed by atoms with E-state index in [2.05, 4.69) is 0 Å². The van der Waals surface area contributed by atoms with Gasteiger partial charge in [-0.15, -0.1) is 0 Å². The van der Waals surface area contributed by atoms with Crippen LogP contribution in [0, 0.1) is 5.92 Å². The van der Waals surface area contributed by atoms with E-state index in [1.165, 1.54) is 0 Å². The van der Waals surface area contributed by atoms with Crippen molar-refractivity contribution in [3.63, 3.8) is 0 Å². The Morgan fingerprint density at radius 1 is 1.44 bits per heavy atom. The van der Waals surface area contributed by atoms with Crippen molar-refractivity contribution < 1.29 is 19.8 Å². The molecule has 0 bridgehead atoms. The van der Waals surface area contributed by atoms with Crippen molar-refractivity contribution in [2.24, 2.45) is 5.92 Å². The van der Waals surface area contributed by atoms with E-state index in [0.29, 0.717) is 6.54 Å². The lowest BCUT2D eigenvalue weighted by Gasteiger charge is -2.24. The highest BCUT2D eigenvalue weighted by molar-refractivity contribution is 5.78. The van der Waals surface area contributed by atoms with Crippen LogP contribution >= 0.6 is 0 Å². The minimum absolute atomic E-state index is 0.000941. The summed E-state index contributed by atoms with van der Waals surface area (Å²) in [4.78, 5) is 24.0. The van der Waals surface area contributed by atoms with Gasteiger partial charge in [0, 0.05) is 19.4 Å². The molecule has 2 atom stereocenters. The molecule has 1 aliphatic heterocycles. The third-order valence-corrected chi connectivity index (χ3v) is 2.95. The average Bonchev–Trinajstić information content (AvgIpc) is 2.63. The highest BCUT2D eigenvalue weighted by Gasteiger charge is 2.28. The van der Waals surface area contributed by atoms with Crippen LogP contribution in [0.3, 0.4) is 0 Å². The quantitative estimate of drug-likeness (QED) is 0.718. The first-order valence-electron chi connectivity index (χ1n) is 5.66. The average molecular weight is 229 g/mol. The Kier molecular flexibility index (Phi) is 4.73. The monoisotopic (exact) mass is 229 g/mol. The number of amides is 1. The summed E-state index contributed by atoms with van der Waals surface area (Å²) < 4.78 is 0. The van der Waals surface area contributed by atoms with E-state index in [1.807, 2.05) is 0 Å². The predicted molar refractivity (Wildman–Crippen MR) is 57.9 cm³/mol. The van der Waals surface area contributed by atoms with Crippen molar-refractivity contribution >= 4 is 11.9 Å². The fourth-order valence-electron chi connectivity index (χ4n) is 2.14. The second-order valence-electron chi connectivity index (χ2n) is 4.47. The molecule has 1 saturated heterocycles. The molecule has 0 spiro atoms. The normalized spacial score (nSPS) is 22.1. The molecular formula is C11H19NO4. The molecule has 1 fully saturated rings. The molecule has 0 aromatic rings. The van der Waals surface area contributed by atoms with Crippen molar-refractivity contribution in [1.29, 1.82) is 0 Å². The highest BCUT2D eigenvalue weighted by atomic mass is 16.4. The first-order valence-corrected chi connectivity index (χ1v) is 5.66. The molecule has 1 amide bonds. The molecule has 1 unspecified atom stereocenters. The molecule has 5 nitrogen and oxygen atoms in total. The van der Waals surface area contributed by atoms with Crippen LogP contribution in [0.15, 0.2) is 0 Å². The number of carboxylic acid groups (broad SMARTS) is 1. The number of aliphatic hydroxyl groups excluding tert-OH is 1. The summed E-state index contributed by atoms with van der Waals surface area (Å²) in [5, 5.41) is 17.7. The second-order valence-corrected chi connectivity index (χ2v) is 4.47. The van der Waals surface area contributed by atoms with Gasteiger partial charge in [0.2, 0.25) is 5.91 Å². The molecule has 0 aromatic carbocycles. The van der Waals surface area contributed by atoms with Crippen molar-refractivity contribution in [3.05, 3.63) is 0 Å². The molecular weight excluding hydrogens is 210 g/mol. The van der Waals surface area contributed by atoms with E-state index in [0.717, 1.165) is 12.8 Å². The van der Waals surface area contributed by atoms with E-state index < -0.39 is 5.97 Å². The number of carbonyl (C=O) groups is 2. The lowest BCUT2D eigenvalue weighted by atomic mass is 10.0. The van der Waals surface area contributed by atoms with Gasteiger partial charge in [-0.25, -0.2) is 0 Å². The summed E-state index contributed by atoms with van der Waals surface area (Å²) in [6.07, 6.45) is 2.03. The fraction of sp³-hybridized carbons (Fsp3) is 0.818. The van der Waals surface area contributed by atoms with Gasteiger partial charge in [0.05, 0.1) is 12.6 Å². The maximum absolute atomic E-state index is 11.8. The van der Waals surface area contributed by atoms with Gasteiger partial charge in [-0.1, -0.05) is 6.92 Å². The first kappa shape index (κ1) is 13.0. The number of aliphatic hydroxyl groups is 1. The number of likely N-dealkylation sites (tertiary alicyclic amines) is 1. The molecule has 1 rings (SSSR count). The van der Waals surface area contributed by atoms with E-state index in [9.17, 15) is 9.59 Å². The number of rotatable bonds is 5. The van der Waals surface area contributed by atoms with Crippen LogP contribution in [0.2, 0.25) is 0 Å². The Balaban J connectivity index is 2.42. The van der Waals surface area contributed by atoms with Gasteiger partial charge in [-0.2, -0.15) is 0 Å². The Labute approximate surface area is 95.1 Å². The van der Waals surface area contributed by atoms with Crippen LogP contribution < -0.4 is 0 Å². The molecule has 16 heavy (non-hydrogen) atoms. The van der Waals surface area contributed by atoms with Crippen LogP contribution in [0.4, 0.5) is 0 Å². The zero-order chi connectivity index (χ0) is 12.1. The highest BCUT2D eigenvalue weighted by Crippen LogP contribution is 2.20. The number of carbonyl (C=O) groups excluding carboxylic acids is 1. The molecule has 1 aliphatic rings. The van der Waals surface area contributed by atoms with Gasteiger partial charge >= 0.3 is 5.97 Å². The number of aliphatic carboxylic acids is 1.